The van der Waals surface area contributed by atoms with Crippen LogP contribution < -0.4 is 4.74 Å². The third-order valence-electron chi connectivity index (χ3n) is 4.58. The molecule has 0 atom stereocenters. The second kappa shape index (κ2) is 6.95. The van der Waals surface area contributed by atoms with Crippen LogP contribution in [0.15, 0.2) is 24.3 Å². The van der Waals surface area contributed by atoms with Gasteiger partial charge in [0.2, 0.25) is 0 Å². The van der Waals surface area contributed by atoms with Crippen molar-refractivity contribution in [1.82, 2.24) is 4.90 Å². The number of hydrogen-bond acceptors (Lipinski definition) is 2. The molecule has 0 unspecified atom stereocenters. The molecular formula is C17H27NO. The van der Waals surface area contributed by atoms with E-state index in [1.54, 1.807) is 7.11 Å². The summed E-state index contributed by atoms with van der Waals surface area (Å²) < 4.78 is 5.29. The molecule has 0 N–H and O–H groups in total. The highest BCUT2D eigenvalue weighted by molar-refractivity contribution is 5.28. The summed E-state index contributed by atoms with van der Waals surface area (Å²) in [5, 5.41) is 0. The Balaban J connectivity index is 1.88. The number of methoxy groups -OCH3 is 1. The maximum Gasteiger partial charge on any atom is 0.119 e. The molecule has 19 heavy (non-hydrogen) atoms. The summed E-state index contributed by atoms with van der Waals surface area (Å²) in [6.07, 6.45) is 6.89. The fourth-order valence-electron chi connectivity index (χ4n) is 3.18. The van der Waals surface area contributed by atoms with Crippen LogP contribution in [0.4, 0.5) is 0 Å². The van der Waals surface area contributed by atoms with Gasteiger partial charge in [-0.1, -0.05) is 25.5 Å². The van der Waals surface area contributed by atoms with Crippen LogP contribution >= 0.6 is 0 Å². The van der Waals surface area contributed by atoms with Gasteiger partial charge in [-0.25, -0.2) is 0 Å². The Kier molecular flexibility index (Phi) is 5.26. The number of nitrogens with zero attached hydrogens (tertiary/aromatic N) is 1. The lowest BCUT2D eigenvalue weighted by molar-refractivity contribution is 0.157. The molecule has 1 saturated carbocycles. The van der Waals surface area contributed by atoms with Gasteiger partial charge in [-0.05, 0) is 56.3 Å². The van der Waals surface area contributed by atoms with E-state index >= 15 is 0 Å². The van der Waals surface area contributed by atoms with Crippen molar-refractivity contribution in [2.45, 2.75) is 51.6 Å². The zero-order valence-electron chi connectivity index (χ0n) is 12.6. The number of benzene rings is 1. The molecule has 1 aromatic carbocycles. The Morgan fingerprint density at radius 3 is 2.58 bits per heavy atom. The van der Waals surface area contributed by atoms with Crippen LogP contribution in [0.25, 0.3) is 0 Å². The van der Waals surface area contributed by atoms with Crippen molar-refractivity contribution in [3.8, 4) is 5.75 Å². The highest BCUT2D eigenvalue weighted by Crippen LogP contribution is 2.29. The van der Waals surface area contributed by atoms with Crippen molar-refractivity contribution in [3.63, 3.8) is 0 Å². The SMILES string of the molecule is CC[C@H]1CC[C@@H](N(C)Cc2cccc(OC)c2)CC1. The van der Waals surface area contributed by atoms with Crippen LogP contribution in [0.3, 0.4) is 0 Å². The van der Waals surface area contributed by atoms with E-state index in [2.05, 4.69) is 37.1 Å². The van der Waals surface area contributed by atoms with Crippen molar-refractivity contribution in [2.75, 3.05) is 14.2 Å². The molecule has 2 nitrogen and oxygen atoms in total. The molecule has 2 heteroatoms. The molecule has 1 aliphatic rings. The summed E-state index contributed by atoms with van der Waals surface area (Å²) in [6, 6.07) is 9.19. The van der Waals surface area contributed by atoms with E-state index in [1.807, 2.05) is 6.07 Å². The summed E-state index contributed by atoms with van der Waals surface area (Å²) in [5.41, 5.74) is 1.35. The fourth-order valence-corrected chi connectivity index (χ4v) is 3.18. The summed E-state index contributed by atoms with van der Waals surface area (Å²) >= 11 is 0. The maximum absolute atomic E-state index is 5.29. The number of ether oxygens (including phenoxy) is 1. The lowest BCUT2D eigenvalue weighted by atomic mass is 9.84. The van der Waals surface area contributed by atoms with Crippen molar-refractivity contribution in [1.29, 1.82) is 0 Å². The van der Waals surface area contributed by atoms with E-state index in [0.29, 0.717) is 0 Å². The molecule has 0 saturated heterocycles. The van der Waals surface area contributed by atoms with Gasteiger partial charge in [-0.15, -0.1) is 0 Å². The van der Waals surface area contributed by atoms with Gasteiger partial charge in [0.05, 0.1) is 7.11 Å². The normalized spacial score (nSPS) is 23.6. The second-order valence-corrected chi connectivity index (χ2v) is 5.85. The zero-order valence-corrected chi connectivity index (χ0v) is 12.6. The standard InChI is InChI=1S/C17H27NO/c1-4-14-8-10-16(11-9-14)18(2)13-15-6-5-7-17(12-15)19-3/h5-7,12,14,16H,4,8-11,13H2,1-3H3/t14-,16+. The Bertz CT molecular complexity index is 383. The summed E-state index contributed by atoms with van der Waals surface area (Å²) in [5.74, 6) is 1.93. The summed E-state index contributed by atoms with van der Waals surface area (Å²) in [6.45, 7) is 3.35. The first-order valence-corrected chi connectivity index (χ1v) is 7.56. The lowest BCUT2D eigenvalue weighted by Crippen LogP contribution is -2.34. The van der Waals surface area contributed by atoms with Crippen LogP contribution in [-0.4, -0.2) is 25.1 Å². The Morgan fingerprint density at radius 1 is 1.21 bits per heavy atom. The zero-order chi connectivity index (χ0) is 13.7. The molecule has 2 rings (SSSR count). The maximum atomic E-state index is 5.29. The molecule has 0 spiro atoms. The molecule has 1 fully saturated rings. The van der Waals surface area contributed by atoms with Gasteiger partial charge in [-0.3, -0.25) is 4.90 Å². The smallest absolute Gasteiger partial charge is 0.119 e. The van der Waals surface area contributed by atoms with E-state index < -0.39 is 0 Å². The molecule has 106 valence electrons. The van der Waals surface area contributed by atoms with Crippen LogP contribution in [0.5, 0.6) is 5.75 Å². The van der Waals surface area contributed by atoms with E-state index in [9.17, 15) is 0 Å². The van der Waals surface area contributed by atoms with E-state index in [-0.39, 0.29) is 0 Å². The first kappa shape index (κ1) is 14.4. The number of hydrogen-bond donors (Lipinski definition) is 0. The Hall–Kier alpha value is -1.02. The third kappa shape index (κ3) is 3.97. The predicted molar refractivity (Wildman–Crippen MR) is 80.5 cm³/mol. The minimum Gasteiger partial charge on any atom is -0.497 e. The fraction of sp³-hybridized carbons (Fsp3) is 0.647. The minimum absolute atomic E-state index is 0.758. The quantitative estimate of drug-likeness (QED) is 0.791. The third-order valence-corrected chi connectivity index (χ3v) is 4.58. The van der Waals surface area contributed by atoms with E-state index in [0.717, 1.165) is 24.3 Å². The van der Waals surface area contributed by atoms with Crippen LogP contribution in [0, 0.1) is 5.92 Å². The Morgan fingerprint density at radius 2 is 1.95 bits per heavy atom. The first-order valence-electron chi connectivity index (χ1n) is 7.56. The number of rotatable bonds is 5. The largest absolute Gasteiger partial charge is 0.497 e. The Labute approximate surface area is 117 Å². The minimum atomic E-state index is 0.758. The molecule has 0 radical (unpaired) electrons. The molecule has 0 amide bonds. The second-order valence-electron chi connectivity index (χ2n) is 5.85. The predicted octanol–water partition coefficient (Wildman–Crippen LogP) is 4.10. The van der Waals surface area contributed by atoms with Gasteiger partial charge >= 0.3 is 0 Å². The average Bonchev–Trinajstić information content (AvgIpc) is 2.47. The molecule has 0 aliphatic heterocycles. The van der Waals surface area contributed by atoms with Gasteiger partial charge in [0.25, 0.3) is 0 Å². The highest BCUT2D eigenvalue weighted by atomic mass is 16.5. The van der Waals surface area contributed by atoms with Crippen LogP contribution in [0.2, 0.25) is 0 Å². The molecule has 0 heterocycles. The van der Waals surface area contributed by atoms with E-state index in [4.69, 9.17) is 4.74 Å². The topological polar surface area (TPSA) is 12.5 Å². The van der Waals surface area contributed by atoms with Crippen molar-refractivity contribution < 1.29 is 4.74 Å². The molecule has 0 bridgehead atoms. The highest BCUT2D eigenvalue weighted by Gasteiger charge is 2.22. The molecular weight excluding hydrogens is 234 g/mol. The molecule has 0 aromatic heterocycles. The molecule has 1 aliphatic carbocycles. The first-order chi connectivity index (χ1) is 9.22. The van der Waals surface area contributed by atoms with Gasteiger partial charge in [0.1, 0.15) is 5.75 Å². The van der Waals surface area contributed by atoms with Crippen LogP contribution in [-0.2, 0) is 6.54 Å². The average molecular weight is 261 g/mol. The van der Waals surface area contributed by atoms with Gasteiger partial charge in [0.15, 0.2) is 0 Å². The van der Waals surface area contributed by atoms with Crippen LogP contribution in [0.1, 0.15) is 44.6 Å². The monoisotopic (exact) mass is 261 g/mol. The van der Waals surface area contributed by atoms with Gasteiger partial charge < -0.3 is 4.74 Å². The van der Waals surface area contributed by atoms with Crippen molar-refractivity contribution in [2.24, 2.45) is 5.92 Å². The summed E-state index contributed by atoms with van der Waals surface area (Å²) in [4.78, 5) is 2.51. The molecule has 1 aromatic rings. The van der Waals surface area contributed by atoms with Crippen molar-refractivity contribution in [3.05, 3.63) is 29.8 Å². The van der Waals surface area contributed by atoms with E-state index in [1.165, 1.54) is 37.7 Å². The van der Waals surface area contributed by atoms with Gasteiger partial charge in [0, 0.05) is 12.6 Å². The lowest BCUT2D eigenvalue weighted by Gasteiger charge is -2.34. The summed E-state index contributed by atoms with van der Waals surface area (Å²) in [7, 11) is 3.99. The van der Waals surface area contributed by atoms with Crippen molar-refractivity contribution >= 4 is 0 Å². The van der Waals surface area contributed by atoms with Gasteiger partial charge in [-0.2, -0.15) is 0 Å².